The van der Waals surface area contributed by atoms with Crippen molar-refractivity contribution < 1.29 is 8.42 Å². The summed E-state index contributed by atoms with van der Waals surface area (Å²) in [4.78, 5) is 2.38. The molecule has 3 rings (SSSR count). The van der Waals surface area contributed by atoms with E-state index in [4.69, 9.17) is 0 Å². The van der Waals surface area contributed by atoms with Crippen molar-refractivity contribution in [2.24, 2.45) is 11.8 Å². The summed E-state index contributed by atoms with van der Waals surface area (Å²) in [7, 11) is -1.06. The summed E-state index contributed by atoms with van der Waals surface area (Å²) in [5.41, 5.74) is 0. The molecule has 0 aromatic carbocycles. The van der Waals surface area contributed by atoms with Gasteiger partial charge in [0, 0.05) is 25.7 Å². The van der Waals surface area contributed by atoms with E-state index in [9.17, 15) is 8.42 Å². The molecule has 2 atom stereocenters. The summed E-state index contributed by atoms with van der Waals surface area (Å²) in [6.07, 6.45) is 6.69. The van der Waals surface area contributed by atoms with Gasteiger partial charge in [-0.3, -0.25) is 0 Å². The average Bonchev–Trinajstić information content (AvgIpc) is 2.99. The zero-order valence-electron chi connectivity index (χ0n) is 14.1. The van der Waals surface area contributed by atoms with Crippen LogP contribution in [0.2, 0.25) is 0 Å². The molecule has 0 aromatic heterocycles. The van der Waals surface area contributed by atoms with Gasteiger partial charge in [-0.15, -0.1) is 0 Å². The number of nitrogens with zero attached hydrogens (tertiary/aromatic N) is 3. The highest BCUT2D eigenvalue weighted by Crippen LogP contribution is 2.34. The molecule has 128 valence electrons. The van der Waals surface area contributed by atoms with Crippen molar-refractivity contribution in [2.75, 3.05) is 39.8 Å². The average molecular weight is 330 g/mol. The molecule has 0 aliphatic carbocycles. The van der Waals surface area contributed by atoms with E-state index in [0.717, 1.165) is 57.8 Å². The van der Waals surface area contributed by atoms with Gasteiger partial charge in [0.1, 0.15) is 0 Å². The van der Waals surface area contributed by atoms with Gasteiger partial charge in [0.15, 0.2) is 0 Å². The van der Waals surface area contributed by atoms with Crippen LogP contribution in [0.25, 0.3) is 0 Å². The van der Waals surface area contributed by atoms with Crippen molar-refractivity contribution in [3.05, 3.63) is 0 Å². The Bertz CT molecular complexity index is 474. The first-order valence-corrected chi connectivity index (χ1v) is 10.3. The minimum absolute atomic E-state index is 0.168. The first-order valence-electron chi connectivity index (χ1n) is 8.94. The highest BCUT2D eigenvalue weighted by Gasteiger charge is 2.40. The first-order chi connectivity index (χ1) is 10.5. The maximum absolute atomic E-state index is 12.9. The van der Waals surface area contributed by atoms with E-state index in [-0.39, 0.29) is 6.04 Å². The third-order valence-electron chi connectivity index (χ3n) is 5.98. The Kier molecular flexibility index (Phi) is 5.12. The van der Waals surface area contributed by atoms with Crippen LogP contribution in [0.5, 0.6) is 0 Å². The molecule has 6 heteroatoms. The summed E-state index contributed by atoms with van der Waals surface area (Å²) in [5, 5.41) is 0. The van der Waals surface area contributed by atoms with E-state index in [1.165, 1.54) is 12.8 Å². The summed E-state index contributed by atoms with van der Waals surface area (Å²) in [6.45, 7) is 6.57. The van der Waals surface area contributed by atoms with Crippen LogP contribution in [0, 0.1) is 11.8 Å². The smallest absolute Gasteiger partial charge is 0.282 e. The number of rotatable bonds is 3. The van der Waals surface area contributed by atoms with Crippen molar-refractivity contribution in [1.29, 1.82) is 0 Å². The van der Waals surface area contributed by atoms with Crippen LogP contribution in [-0.4, -0.2) is 67.7 Å². The van der Waals surface area contributed by atoms with E-state index in [2.05, 4.69) is 18.9 Å². The van der Waals surface area contributed by atoms with E-state index in [0.29, 0.717) is 12.5 Å². The fourth-order valence-electron chi connectivity index (χ4n) is 4.41. The highest BCUT2D eigenvalue weighted by molar-refractivity contribution is 7.86. The summed E-state index contributed by atoms with van der Waals surface area (Å²) >= 11 is 0. The molecule has 3 heterocycles. The molecule has 3 saturated heterocycles. The van der Waals surface area contributed by atoms with Crippen LogP contribution < -0.4 is 0 Å². The lowest BCUT2D eigenvalue weighted by Crippen LogP contribution is -2.49. The molecule has 0 saturated carbocycles. The molecule has 5 nitrogen and oxygen atoms in total. The summed E-state index contributed by atoms with van der Waals surface area (Å²) in [6, 6.07) is 0.168. The van der Waals surface area contributed by atoms with Gasteiger partial charge in [0.25, 0.3) is 10.2 Å². The van der Waals surface area contributed by atoms with Crippen molar-refractivity contribution in [1.82, 2.24) is 13.5 Å². The molecule has 0 N–H and O–H groups in total. The molecule has 0 aromatic rings. The molecule has 22 heavy (non-hydrogen) atoms. The van der Waals surface area contributed by atoms with Gasteiger partial charge in [0.2, 0.25) is 0 Å². The Morgan fingerprint density at radius 2 is 1.55 bits per heavy atom. The van der Waals surface area contributed by atoms with Crippen molar-refractivity contribution in [2.45, 2.75) is 51.5 Å². The lowest BCUT2D eigenvalue weighted by molar-refractivity contribution is 0.174. The molecule has 0 spiro atoms. The molecule has 0 amide bonds. The highest BCUT2D eigenvalue weighted by atomic mass is 32.2. The summed E-state index contributed by atoms with van der Waals surface area (Å²) < 4.78 is 29.4. The third-order valence-corrected chi connectivity index (χ3v) is 8.10. The molecule has 3 fully saturated rings. The second-order valence-electron chi connectivity index (χ2n) is 7.51. The normalized spacial score (nSPS) is 34.3. The van der Waals surface area contributed by atoms with Gasteiger partial charge in [-0.2, -0.15) is 17.0 Å². The first kappa shape index (κ1) is 16.7. The molecule has 2 unspecified atom stereocenters. The topological polar surface area (TPSA) is 43.9 Å². The van der Waals surface area contributed by atoms with Crippen LogP contribution in [-0.2, 0) is 10.2 Å². The van der Waals surface area contributed by atoms with Gasteiger partial charge < -0.3 is 4.90 Å². The number of hydrogen-bond acceptors (Lipinski definition) is 3. The van der Waals surface area contributed by atoms with Gasteiger partial charge >= 0.3 is 0 Å². The minimum Gasteiger partial charge on any atom is -0.306 e. The Morgan fingerprint density at radius 1 is 0.864 bits per heavy atom. The van der Waals surface area contributed by atoms with Crippen LogP contribution in [0.15, 0.2) is 0 Å². The Morgan fingerprint density at radius 3 is 2.23 bits per heavy atom. The van der Waals surface area contributed by atoms with E-state index in [1.807, 2.05) is 0 Å². The SMILES string of the molecule is CC1CCCCN1S(=O)(=O)N1CCC(C2CCN(C)CC2)C1. The van der Waals surface area contributed by atoms with Crippen LogP contribution in [0.3, 0.4) is 0 Å². The largest absolute Gasteiger partial charge is 0.306 e. The van der Waals surface area contributed by atoms with E-state index < -0.39 is 10.2 Å². The van der Waals surface area contributed by atoms with Gasteiger partial charge in [0.05, 0.1) is 0 Å². The summed E-state index contributed by atoms with van der Waals surface area (Å²) in [5.74, 6) is 1.29. The quantitative estimate of drug-likeness (QED) is 0.793. The zero-order valence-corrected chi connectivity index (χ0v) is 14.9. The Balaban J connectivity index is 1.61. The van der Waals surface area contributed by atoms with Crippen LogP contribution in [0.4, 0.5) is 0 Å². The maximum Gasteiger partial charge on any atom is 0.282 e. The molecule has 3 aliphatic rings. The monoisotopic (exact) mass is 329 g/mol. The zero-order chi connectivity index (χ0) is 15.7. The fraction of sp³-hybridized carbons (Fsp3) is 1.00. The third kappa shape index (κ3) is 3.35. The standard InChI is InChI=1S/C16H31N3O2S/c1-14-5-3-4-9-19(14)22(20,21)18-12-8-16(13-18)15-6-10-17(2)11-7-15/h14-16H,3-13H2,1-2H3. The van der Waals surface area contributed by atoms with Crippen molar-refractivity contribution in [3.8, 4) is 0 Å². The van der Waals surface area contributed by atoms with Gasteiger partial charge in [-0.1, -0.05) is 6.42 Å². The second kappa shape index (κ2) is 6.75. The van der Waals surface area contributed by atoms with Gasteiger partial charge in [-0.05, 0) is 71.0 Å². The number of piperidine rings is 2. The van der Waals surface area contributed by atoms with Crippen molar-refractivity contribution in [3.63, 3.8) is 0 Å². The number of hydrogen-bond donors (Lipinski definition) is 0. The Hall–Kier alpha value is -0.170. The molecular formula is C16H31N3O2S. The predicted molar refractivity (Wildman–Crippen MR) is 88.8 cm³/mol. The molecule has 0 radical (unpaired) electrons. The fourth-order valence-corrected chi connectivity index (χ4v) is 6.34. The van der Waals surface area contributed by atoms with Crippen molar-refractivity contribution >= 4 is 10.2 Å². The maximum atomic E-state index is 12.9. The molecular weight excluding hydrogens is 298 g/mol. The lowest BCUT2D eigenvalue weighted by Gasteiger charge is -2.36. The Labute approximate surface area is 135 Å². The van der Waals surface area contributed by atoms with Gasteiger partial charge in [-0.25, -0.2) is 0 Å². The van der Waals surface area contributed by atoms with Crippen LogP contribution >= 0.6 is 0 Å². The predicted octanol–water partition coefficient (Wildman–Crippen LogP) is 1.77. The lowest BCUT2D eigenvalue weighted by atomic mass is 9.84. The molecule has 0 bridgehead atoms. The number of likely N-dealkylation sites (tertiary alicyclic amines) is 1. The van der Waals surface area contributed by atoms with Crippen LogP contribution in [0.1, 0.15) is 45.4 Å². The molecule has 3 aliphatic heterocycles. The van der Waals surface area contributed by atoms with E-state index >= 15 is 0 Å². The second-order valence-corrected chi connectivity index (χ2v) is 9.39. The minimum atomic E-state index is -3.24. The van der Waals surface area contributed by atoms with E-state index in [1.54, 1.807) is 8.61 Å².